The maximum atomic E-state index is 15.0. The highest BCUT2D eigenvalue weighted by Gasteiger charge is 2.68. The van der Waals surface area contributed by atoms with Crippen LogP contribution in [0.25, 0.3) is 5.57 Å². The van der Waals surface area contributed by atoms with Crippen LogP contribution in [0.4, 0.5) is 10.2 Å². The molecule has 2 aromatic rings. The molecule has 0 spiro atoms. The number of hydrogen-bond donors (Lipinski definition) is 3. The van der Waals surface area contributed by atoms with Crippen molar-refractivity contribution in [2.75, 3.05) is 5.73 Å². The van der Waals surface area contributed by atoms with Gasteiger partial charge in [-0.2, -0.15) is 5.10 Å². The van der Waals surface area contributed by atoms with Crippen LogP contribution >= 0.6 is 0 Å². The Morgan fingerprint density at radius 2 is 1.79 bits per heavy atom. The van der Waals surface area contributed by atoms with E-state index in [0.717, 1.165) is 62.6 Å². The molecule has 4 N–H and O–H groups in total. The minimum Gasteiger partial charge on any atom is -0.481 e. The van der Waals surface area contributed by atoms with Crippen molar-refractivity contribution in [2.24, 2.45) is 51.2 Å². The molecule has 1 heterocycles. The normalized spacial score (nSPS) is 40.9. The van der Waals surface area contributed by atoms with E-state index in [1.807, 2.05) is 6.07 Å². The summed E-state index contributed by atoms with van der Waals surface area (Å²) < 4.78 is 15.0. The Morgan fingerprint density at radius 3 is 2.49 bits per heavy atom. The van der Waals surface area contributed by atoms with Gasteiger partial charge < -0.3 is 10.8 Å². The smallest absolute Gasteiger partial charge is 0.306 e. The highest BCUT2D eigenvalue weighted by molar-refractivity contribution is 5.75. The van der Waals surface area contributed by atoms with Crippen molar-refractivity contribution < 1.29 is 14.3 Å². The topological polar surface area (TPSA) is 92.0 Å². The molecule has 0 radical (unpaired) electrons. The number of aromatic nitrogens is 2. The van der Waals surface area contributed by atoms with Crippen LogP contribution in [0.3, 0.4) is 0 Å². The lowest BCUT2D eigenvalue weighted by Gasteiger charge is -2.70. The van der Waals surface area contributed by atoms with Gasteiger partial charge in [0.1, 0.15) is 11.6 Å². The molecule has 1 aromatic carbocycles. The summed E-state index contributed by atoms with van der Waals surface area (Å²) in [7, 11) is 0. The predicted octanol–water partition coefficient (Wildman–Crippen LogP) is 8.41. The number of carboxylic acids is 1. The second-order valence-electron chi connectivity index (χ2n) is 17.2. The van der Waals surface area contributed by atoms with Gasteiger partial charge in [-0.1, -0.05) is 66.2 Å². The Bertz CT molecular complexity index is 1540. The monoisotopic (exact) mass is 587 g/mol. The number of H-pyrrole nitrogens is 1. The van der Waals surface area contributed by atoms with Gasteiger partial charge in [0.2, 0.25) is 0 Å². The first-order valence-corrected chi connectivity index (χ1v) is 16.6. The van der Waals surface area contributed by atoms with E-state index in [1.54, 1.807) is 12.1 Å². The first-order valence-electron chi connectivity index (χ1n) is 16.6. The Kier molecular flexibility index (Phi) is 6.07. The minimum atomic E-state index is -0.648. The molecule has 1 unspecified atom stereocenters. The van der Waals surface area contributed by atoms with Crippen LogP contribution in [-0.2, 0) is 16.6 Å². The summed E-state index contributed by atoms with van der Waals surface area (Å²) in [5.41, 5.74) is 12.4. The molecule has 5 aliphatic rings. The van der Waals surface area contributed by atoms with Crippen LogP contribution in [0.15, 0.2) is 29.8 Å². The number of aromatic amines is 1. The van der Waals surface area contributed by atoms with E-state index in [2.05, 4.69) is 59.6 Å². The van der Waals surface area contributed by atoms with Gasteiger partial charge in [0.15, 0.2) is 0 Å². The molecular weight excluding hydrogens is 537 g/mol. The summed E-state index contributed by atoms with van der Waals surface area (Å²) in [5.74, 6) is 0.663. The van der Waals surface area contributed by atoms with E-state index in [-0.39, 0.29) is 50.6 Å². The molecule has 1 aromatic heterocycles. The third-order valence-electron chi connectivity index (χ3n) is 14.3. The Balaban J connectivity index is 1.46. The predicted molar refractivity (Wildman–Crippen MR) is 169 cm³/mol. The summed E-state index contributed by atoms with van der Waals surface area (Å²) in [5, 5.41) is 18.3. The van der Waals surface area contributed by atoms with Gasteiger partial charge in [-0.05, 0) is 120 Å². The van der Waals surface area contributed by atoms with Crippen molar-refractivity contribution in [1.82, 2.24) is 10.2 Å². The highest BCUT2D eigenvalue weighted by Crippen LogP contribution is 2.76. The number of nitrogens with two attached hydrogens (primary N) is 1. The van der Waals surface area contributed by atoms with Crippen LogP contribution in [0.2, 0.25) is 0 Å². The molecule has 43 heavy (non-hydrogen) atoms. The molecule has 3 fully saturated rings. The lowest BCUT2D eigenvalue weighted by molar-refractivity contribution is -0.161. The second-order valence-corrected chi connectivity index (χ2v) is 17.2. The quantitative estimate of drug-likeness (QED) is 0.329. The second kappa shape index (κ2) is 8.97. The molecule has 5 aliphatic carbocycles. The summed E-state index contributed by atoms with van der Waals surface area (Å²) in [6, 6.07) is 7.22. The minimum absolute atomic E-state index is 0.0130. The molecule has 7 rings (SSSR count). The fraction of sp³-hybridized carbons (Fsp3) is 0.676. The SMILES string of the molecule is CC1(C)C[C@@H]2C3=C(c4cccc(F)c4)CC4[C@@]5(C)Cc6c(n[nH]c6N)C(C)(C)[C@@H]5CC[C@@]4(C)[C@]3(C)CC[C@@H]2[C@H](C(=O)O)C1. The van der Waals surface area contributed by atoms with Gasteiger partial charge in [0, 0.05) is 11.0 Å². The molecule has 8 atom stereocenters. The largest absolute Gasteiger partial charge is 0.481 e. The van der Waals surface area contributed by atoms with Gasteiger partial charge in [-0.3, -0.25) is 9.89 Å². The lowest BCUT2D eigenvalue weighted by Crippen LogP contribution is -2.64. The zero-order valence-electron chi connectivity index (χ0n) is 27.1. The van der Waals surface area contributed by atoms with Crippen molar-refractivity contribution >= 4 is 17.4 Å². The molecule has 232 valence electrons. The summed E-state index contributed by atoms with van der Waals surface area (Å²) in [4.78, 5) is 12.7. The Morgan fingerprint density at radius 1 is 1.05 bits per heavy atom. The molecule has 0 bridgehead atoms. The van der Waals surface area contributed by atoms with E-state index in [0.29, 0.717) is 17.7 Å². The number of fused-ring (bicyclic) bond motifs is 8. The molecule has 6 heteroatoms. The fourth-order valence-corrected chi connectivity index (χ4v) is 12.4. The first kappa shape index (κ1) is 29.1. The number of benzene rings is 1. The van der Waals surface area contributed by atoms with Crippen molar-refractivity contribution in [3.8, 4) is 0 Å². The average Bonchev–Trinajstić information content (AvgIpc) is 3.28. The van der Waals surface area contributed by atoms with Crippen LogP contribution in [0.1, 0.15) is 110 Å². The van der Waals surface area contributed by atoms with E-state index >= 15 is 0 Å². The number of hydrogen-bond acceptors (Lipinski definition) is 3. The summed E-state index contributed by atoms with van der Waals surface area (Å²) in [6.07, 6.45) is 7.72. The standard InChI is InChI=1S/C37H50FN3O2/c1-33(2)17-24-22(25(18-33)32(42)43)11-13-37(7)29(24)23(20-9-8-10-21(38)15-20)16-28-35(5)19-26-30(40-41-31(26)39)34(3,4)27(35)12-14-36(28,37)6/h8-10,15,22,24-25,27-28H,11-14,16-19H2,1-7H3,(H,42,43)(H3,39,40,41)/t22-,24-,25+,27-,28?,35-,36+,37+/m0/s1. The van der Waals surface area contributed by atoms with E-state index in [9.17, 15) is 14.3 Å². The number of carboxylic acid groups (broad SMARTS) is 1. The van der Waals surface area contributed by atoms with Crippen molar-refractivity contribution in [2.45, 2.75) is 105 Å². The van der Waals surface area contributed by atoms with Crippen molar-refractivity contribution in [3.63, 3.8) is 0 Å². The van der Waals surface area contributed by atoms with Gasteiger partial charge in [-0.25, -0.2) is 4.39 Å². The van der Waals surface area contributed by atoms with Crippen LogP contribution in [0, 0.1) is 57.1 Å². The lowest BCUT2D eigenvalue weighted by atomic mass is 9.33. The van der Waals surface area contributed by atoms with E-state index < -0.39 is 5.97 Å². The maximum absolute atomic E-state index is 15.0. The third-order valence-corrected chi connectivity index (χ3v) is 14.3. The zero-order chi connectivity index (χ0) is 30.9. The zero-order valence-corrected chi connectivity index (χ0v) is 27.1. The Hall–Kier alpha value is -2.63. The number of nitrogens with one attached hydrogen (secondary N) is 1. The Labute approximate surface area is 256 Å². The van der Waals surface area contributed by atoms with Crippen LogP contribution in [0.5, 0.6) is 0 Å². The molecule has 0 amide bonds. The number of aliphatic carboxylic acids is 1. The third kappa shape index (κ3) is 3.79. The maximum Gasteiger partial charge on any atom is 0.306 e. The van der Waals surface area contributed by atoms with Gasteiger partial charge in [0.05, 0.1) is 11.6 Å². The molecule has 5 nitrogen and oxygen atoms in total. The van der Waals surface area contributed by atoms with Crippen LogP contribution < -0.4 is 5.73 Å². The van der Waals surface area contributed by atoms with Crippen molar-refractivity contribution in [3.05, 3.63) is 52.5 Å². The summed E-state index contributed by atoms with van der Waals surface area (Å²) in [6.45, 7) is 16.8. The van der Waals surface area contributed by atoms with Crippen molar-refractivity contribution in [1.29, 1.82) is 0 Å². The first-order chi connectivity index (χ1) is 20.0. The van der Waals surface area contributed by atoms with Gasteiger partial charge >= 0.3 is 5.97 Å². The number of nitrogens with zero attached hydrogens (tertiary/aromatic N) is 1. The van der Waals surface area contributed by atoms with Crippen LogP contribution in [-0.4, -0.2) is 21.3 Å². The number of carbonyl (C=O) groups is 1. The fourth-order valence-electron chi connectivity index (χ4n) is 12.4. The summed E-state index contributed by atoms with van der Waals surface area (Å²) >= 11 is 0. The number of anilines is 1. The molecule has 3 saturated carbocycles. The number of halogens is 1. The molecule has 0 saturated heterocycles. The molecular formula is C37H50FN3O2. The van der Waals surface area contributed by atoms with Gasteiger partial charge in [0.25, 0.3) is 0 Å². The van der Waals surface area contributed by atoms with E-state index in [4.69, 9.17) is 10.8 Å². The molecule has 0 aliphatic heterocycles. The van der Waals surface area contributed by atoms with E-state index in [1.165, 1.54) is 16.7 Å². The number of allylic oxidation sites excluding steroid dienone is 2. The highest BCUT2D eigenvalue weighted by atomic mass is 19.1. The van der Waals surface area contributed by atoms with Gasteiger partial charge in [-0.15, -0.1) is 0 Å². The average molecular weight is 588 g/mol. The number of nitrogen functional groups attached to an aromatic ring is 1. The number of rotatable bonds is 2.